The van der Waals surface area contributed by atoms with Gasteiger partial charge >= 0.3 is 5.97 Å². The van der Waals surface area contributed by atoms with Crippen LogP contribution in [0.3, 0.4) is 0 Å². The second kappa shape index (κ2) is 5.16. The average Bonchev–Trinajstić information content (AvgIpc) is 2.38. The topological polar surface area (TPSA) is 99.5 Å². The Bertz CT molecular complexity index is 710. The van der Waals surface area contributed by atoms with Crippen LogP contribution in [0.25, 0.3) is 10.9 Å². The summed E-state index contributed by atoms with van der Waals surface area (Å²) < 4.78 is 0. The molecule has 0 radical (unpaired) electrons. The molecule has 0 saturated carbocycles. The number of carbonyl (C=O) groups excluding carboxylic acids is 1. The van der Waals surface area contributed by atoms with Crippen molar-refractivity contribution in [2.45, 2.75) is 13.8 Å². The number of aromatic nitrogens is 1. The SMILES string of the molecule is CCNC(=O)c1nc2c(O)c(C(=O)O)ccc2cc1C. The van der Waals surface area contributed by atoms with Gasteiger partial charge < -0.3 is 15.5 Å². The Kier molecular flexibility index (Phi) is 3.56. The molecule has 0 bridgehead atoms. The smallest absolute Gasteiger partial charge is 0.339 e. The fourth-order valence-electron chi connectivity index (χ4n) is 1.98. The third kappa shape index (κ3) is 2.27. The predicted octanol–water partition coefficient (Wildman–Crippen LogP) is 1.70. The highest BCUT2D eigenvalue weighted by Gasteiger charge is 2.17. The molecule has 0 aliphatic rings. The van der Waals surface area contributed by atoms with E-state index >= 15 is 0 Å². The minimum atomic E-state index is -1.24. The Balaban J connectivity index is 2.69. The van der Waals surface area contributed by atoms with Gasteiger partial charge in [-0.05, 0) is 31.5 Å². The molecule has 104 valence electrons. The number of pyridine rings is 1. The Morgan fingerprint density at radius 1 is 1.35 bits per heavy atom. The Morgan fingerprint density at radius 3 is 2.65 bits per heavy atom. The van der Waals surface area contributed by atoms with E-state index in [0.717, 1.165) is 0 Å². The second-order valence-corrected chi connectivity index (χ2v) is 4.35. The number of carboxylic acid groups (broad SMARTS) is 1. The number of phenols is 1. The lowest BCUT2D eigenvalue weighted by Gasteiger charge is -2.09. The largest absolute Gasteiger partial charge is 0.505 e. The van der Waals surface area contributed by atoms with Crippen LogP contribution >= 0.6 is 0 Å². The zero-order valence-corrected chi connectivity index (χ0v) is 11.1. The Morgan fingerprint density at radius 2 is 2.05 bits per heavy atom. The normalized spacial score (nSPS) is 10.5. The molecule has 1 aromatic heterocycles. The zero-order valence-electron chi connectivity index (χ0n) is 11.1. The number of hydrogen-bond acceptors (Lipinski definition) is 4. The van der Waals surface area contributed by atoms with Gasteiger partial charge in [0, 0.05) is 11.9 Å². The highest BCUT2D eigenvalue weighted by molar-refractivity contribution is 6.01. The standard InChI is InChI=1S/C14H14N2O4/c1-3-15-13(18)10-7(2)6-8-4-5-9(14(19)20)12(17)11(8)16-10/h4-6,17H,3H2,1-2H3,(H,15,18)(H,19,20). The lowest BCUT2D eigenvalue weighted by Crippen LogP contribution is -2.24. The van der Waals surface area contributed by atoms with Crippen molar-refractivity contribution in [3.63, 3.8) is 0 Å². The van der Waals surface area contributed by atoms with E-state index in [4.69, 9.17) is 5.11 Å². The van der Waals surface area contributed by atoms with E-state index in [1.807, 2.05) is 0 Å². The lowest BCUT2D eigenvalue weighted by atomic mass is 10.1. The molecule has 1 aromatic carbocycles. The van der Waals surface area contributed by atoms with Crippen molar-refractivity contribution in [2.75, 3.05) is 6.54 Å². The van der Waals surface area contributed by atoms with Gasteiger partial charge in [-0.25, -0.2) is 9.78 Å². The summed E-state index contributed by atoms with van der Waals surface area (Å²) in [5.74, 6) is -2.03. The lowest BCUT2D eigenvalue weighted by molar-refractivity contribution is 0.0693. The molecule has 1 amide bonds. The zero-order chi connectivity index (χ0) is 14.9. The molecule has 1 heterocycles. The number of nitrogens with one attached hydrogen (secondary N) is 1. The molecular formula is C14H14N2O4. The summed E-state index contributed by atoms with van der Waals surface area (Å²) in [6, 6.07) is 4.56. The van der Waals surface area contributed by atoms with E-state index in [1.165, 1.54) is 6.07 Å². The van der Waals surface area contributed by atoms with Crippen molar-refractivity contribution in [3.8, 4) is 5.75 Å². The summed E-state index contributed by atoms with van der Waals surface area (Å²) in [7, 11) is 0. The number of fused-ring (bicyclic) bond motifs is 1. The summed E-state index contributed by atoms with van der Waals surface area (Å²) in [6.45, 7) is 3.98. The summed E-state index contributed by atoms with van der Waals surface area (Å²) in [5, 5.41) is 22.2. The van der Waals surface area contributed by atoms with Crippen LogP contribution < -0.4 is 5.32 Å². The molecule has 0 saturated heterocycles. The number of aromatic hydroxyl groups is 1. The second-order valence-electron chi connectivity index (χ2n) is 4.35. The first kappa shape index (κ1) is 13.8. The minimum absolute atomic E-state index is 0.108. The van der Waals surface area contributed by atoms with Crippen molar-refractivity contribution in [1.82, 2.24) is 10.3 Å². The van der Waals surface area contributed by atoms with Gasteiger partial charge in [0.2, 0.25) is 0 Å². The summed E-state index contributed by atoms with van der Waals surface area (Å²) in [5.41, 5.74) is 0.704. The van der Waals surface area contributed by atoms with Crippen molar-refractivity contribution >= 4 is 22.8 Å². The van der Waals surface area contributed by atoms with Crippen molar-refractivity contribution in [3.05, 3.63) is 35.0 Å². The minimum Gasteiger partial charge on any atom is -0.505 e. The van der Waals surface area contributed by atoms with Gasteiger partial charge in [-0.15, -0.1) is 0 Å². The third-order valence-electron chi connectivity index (χ3n) is 2.93. The number of nitrogens with zero attached hydrogens (tertiary/aromatic N) is 1. The summed E-state index contributed by atoms with van der Waals surface area (Å²) >= 11 is 0. The van der Waals surface area contributed by atoms with Gasteiger partial charge in [0.25, 0.3) is 5.91 Å². The van der Waals surface area contributed by atoms with Gasteiger partial charge in [0.05, 0.1) is 0 Å². The number of rotatable bonds is 3. The van der Waals surface area contributed by atoms with Gasteiger partial charge in [0.15, 0.2) is 5.75 Å². The van der Waals surface area contributed by atoms with Crippen molar-refractivity contribution < 1.29 is 19.8 Å². The number of carbonyl (C=O) groups is 2. The van der Waals surface area contributed by atoms with Crippen LogP contribution in [0.2, 0.25) is 0 Å². The number of hydrogen-bond donors (Lipinski definition) is 3. The van der Waals surface area contributed by atoms with Crippen LogP contribution in [-0.4, -0.2) is 33.6 Å². The Labute approximate surface area is 115 Å². The van der Waals surface area contributed by atoms with Crippen molar-refractivity contribution in [1.29, 1.82) is 0 Å². The Hall–Kier alpha value is -2.63. The van der Waals surface area contributed by atoms with Crippen LogP contribution in [0.4, 0.5) is 0 Å². The molecular weight excluding hydrogens is 260 g/mol. The number of carboxylic acids is 1. The molecule has 0 aliphatic heterocycles. The monoisotopic (exact) mass is 274 g/mol. The summed E-state index contributed by atoms with van der Waals surface area (Å²) in [4.78, 5) is 27.0. The molecule has 0 fully saturated rings. The predicted molar refractivity (Wildman–Crippen MR) is 73.1 cm³/mol. The summed E-state index contributed by atoms with van der Waals surface area (Å²) in [6.07, 6.45) is 0. The molecule has 0 spiro atoms. The number of aromatic carboxylic acids is 1. The van der Waals surface area contributed by atoms with E-state index < -0.39 is 11.7 Å². The number of benzene rings is 1. The van der Waals surface area contributed by atoms with E-state index in [0.29, 0.717) is 17.5 Å². The van der Waals surface area contributed by atoms with E-state index in [1.54, 1.807) is 26.0 Å². The number of amides is 1. The van der Waals surface area contributed by atoms with Crippen LogP contribution in [0, 0.1) is 6.92 Å². The number of aryl methyl sites for hydroxylation is 1. The van der Waals surface area contributed by atoms with Gasteiger partial charge in [-0.1, -0.05) is 6.07 Å². The fraction of sp³-hybridized carbons (Fsp3) is 0.214. The molecule has 0 aliphatic carbocycles. The fourth-order valence-corrected chi connectivity index (χ4v) is 1.98. The molecule has 0 unspecified atom stereocenters. The molecule has 2 aromatic rings. The maximum atomic E-state index is 11.9. The van der Waals surface area contributed by atoms with Crippen LogP contribution in [0.5, 0.6) is 5.75 Å². The highest BCUT2D eigenvalue weighted by atomic mass is 16.4. The van der Waals surface area contributed by atoms with Crippen LogP contribution in [-0.2, 0) is 0 Å². The molecule has 2 rings (SSSR count). The van der Waals surface area contributed by atoms with Gasteiger partial charge in [0.1, 0.15) is 16.8 Å². The van der Waals surface area contributed by atoms with E-state index in [2.05, 4.69) is 10.3 Å². The molecule has 6 nitrogen and oxygen atoms in total. The molecule has 20 heavy (non-hydrogen) atoms. The van der Waals surface area contributed by atoms with Gasteiger partial charge in [-0.2, -0.15) is 0 Å². The highest BCUT2D eigenvalue weighted by Crippen LogP contribution is 2.28. The first-order valence-electron chi connectivity index (χ1n) is 6.10. The molecule has 3 N–H and O–H groups in total. The van der Waals surface area contributed by atoms with Crippen LogP contribution in [0.15, 0.2) is 18.2 Å². The first-order valence-corrected chi connectivity index (χ1v) is 6.10. The quantitative estimate of drug-likeness (QED) is 0.791. The molecule has 0 atom stereocenters. The third-order valence-corrected chi connectivity index (χ3v) is 2.93. The average molecular weight is 274 g/mol. The van der Waals surface area contributed by atoms with Crippen LogP contribution in [0.1, 0.15) is 33.3 Å². The first-order chi connectivity index (χ1) is 9.45. The maximum absolute atomic E-state index is 11.9. The van der Waals surface area contributed by atoms with E-state index in [9.17, 15) is 14.7 Å². The molecule has 6 heteroatoms. The van der Waals surface area contributed by atoms with Crippen molar-refractivity contribution in [2.24, 2.45) is 0 Å². The van der Waals surface area contributed by atoms with Gasteiger partial charge in [-0.3, -0.25) is 4.79 Å². The maximum Gasteiger partial charge on any atom is 0.339 e. The van der Waals surface area contributed by atoms with E-state index in [-0.39, 0.29) is 22.7 Å².